The molecule has 152 valence electrons. The highest BCUT2D eigenvalue weighted by Crippen LogP contribution is 2.32. The summed E-state index contributed by atoms with van der Waals surface area (Å²) >= 11 is 0. The summed E-state index contributed by atoms with van der Waals surface area (Å²) in [6.45, 7) is 7.80. The minimum Gasteiger partial charge on any atom is -0.454 e. The van der Waals surface area contributed by atoms with Crippen molar-refractivity contribution in [2.75, 3.05) is 49.7 Å². The van der Waals surface area contributed by atoms with Crippen molar-refractivity contribution in [1.82, 2.24) is 14.9 Å². The van der Waals surface area contributed by atoms with Gasteiger partial charge in [0.05, 0.1) is 0 Å². The summed E-state index contributed by atoms with van der Waals surface area (Å²) in [6, 6.07) is 7.63. The van der Waals surface area contributed by atoms with Crippen molar-refractivity contribution < 1.29 is 14.3 Å². The monoisotopic (exact) mass is 395 g/mol. The van der Waals surface area contributed by atoms with E-state index in [0.29, 0.717) is 24.8 Å². The van der Waals surface area contributed by atoms with Crippen LogP contribution in [0.15, 0.2) is 30.3 Å². The number of rotatable bonds is 5. The predicted octanol–water partition coefficient (Wildman–Crippen LogP) is 2.31. The summed E-state index contributed by atoms with van der Waals surface area (Å²) in [5.41, 5.74) is 1.84. The van der Waals surface area contributed by atoms with E-state index in [2.05, 4.69) is 20.2 Å². The van der Waals surface area contributed by atoms with E-state index >= 15 is 0 Å². The first-order valence-corrected chi connectivity index (χ1v) is 9.83. The summed E-state index contributed by atoms with van der Waals surface area (Å²) in [7, 11) is 0. The maximum absolute atomic E-state index is 12.6. The quantitative estimate of drug-likeness (QED) is 0.778. The summed E-state index contributed by atoms with van der Waals surface area (Å²) in [5.74, 6) is 3.01. The fourth-order valence-electron chi connectivity index (χ4n) is 3.40. The summed E-state index contributed by atoms with van der Waals surface area (Å²) in [6.07, 6.45) is 3.43. The lowest BCUT2D eigenvalue weighted by Gasteiger charge is -2.35. The van der Waals surface area contributed by atoms with E-state index in [1.807, 2.05) is 49.1 Å². The third-order valence-corrected chi connectivity index (χ3v) is 4.91. The average molecular weight is 395 g/mol. The smallest absolute Gasteiger partial charge is 0.246 e. The standard InChI is InChI=1S/C21H25N5O3/c1-3-22-21-23-15(2)12-19(24-21)25-8-10-26(11-9-25)20(27)7-5-16-4-6-17-18(13-16)29-14-28-17/h4-7,12-13H,3,8-11,14H2,1-2H3,(H,22,23,24)/b7-5+. The molecule has 0 spiro atoms. The van der Waals surface area contributed by atoms with Gasteiger partial charge in [0, 0.05) is 50.6 Å². The van der Waals surface area contributed by atoms with Crippen LogP contribution < -0.4 is 19.7 Å². The van der Waals surface area contributed by atoms with Crippen LogP contribution in [0.25, 0.3) is 6.08 Å². The second-order valence-corrected chi connectivity index (χ2v) is 6.98. The topological polar surface area (TPSA) is 79.8 Å². The molecular weight excluding hydrogens is 370 g/mol. The molecular formula is C21H25N5O3. The number of nitrogens with zero attached hydrogens (tertiary/aromatic N) is 4. The molecule has 4 rings (SSSR count). The number of hydrogen-bond donors (Lipinski definition) is 1. The van der Waals surface area contributed by atoms with Crippen molar-refractivity contribution in [2.24, 2.45) is 0 Å². The zero-order valence-corrected chi connectivity index (χ0v) is 16.7. The van der Waals surface area contributed by atoms with Gasteiger partial charge in [0.15, 0.2) is 11.5 Å². The van der Waals surface area contributed by atoms with E-state index in [-0.39, 0.29) is 12.7 Å². The first kappa shape index (κ1) is 19.0. The molecule has 1 N–H and O–H groups in total. The molecule has 0 atom stereocenters. The molecule has 0 saturated carbocycles. The van der Waals surface area contributed by atoms with Crippen LogP contribution in [-0.2, 0) is 4.79 Å². The zero-order chi connectivity index (χ0) is 20.2. The predicted molar refractivity (Wildman–Crippen MR) is 111 cm³/mol. The van der Waals surface area contributed by atoms with Crippen molar-refractivity contribution in [3.8, 4) is 11.5 Å². The lowest BCUT2D eigenvalue weighted by atomic mass is 10.2. The van der Waals surface area contributed by atoms with Crippen molar-refractivity contribution >= 4 is 23.7 Å². The van der Waals surface area contributed by atoms with E-state index in [0.717, 1.165) is 42.5 Å². The van der Waals surface area contributed by atoms with E-state index in [9.17, 15) is 4.79 Å². The maximum atomic E-state index is 12.6. The number of nitrogens with one attached hydrogen (secondary N) is 1. The van der Waals surface area contributed by atoms with Gasteiger partial charge in [-0.25, -0.2) is 4.98 Å². The van der Waals surface area contributed by atoms with Gasteiger partial charge in [0.2, 0.25) is 18.6 Å². The Kier molecular flexibility index (Phi) is 5.50. The van der Waals surface area contributed by atoms with Crippen molar-refractivity contribution in [3.63, 3.8) is 0 Å². The van der Waals surface area contributed by atoms with E-state index < -0.39 is 0 Å². The third kappa shape index (κ3) is 4.42. The van der Waals surface area contributed by atoms with Crippen molar-refractivity contribution in [3.05, 3.63) is 41.6 Å². The number of hydrogen-bond acceptors (Lipinski definition) is 7. The van der Waals surface area contributed by atoms with Crippen molar-refractivity contribution in [2.45, 2.75) is 13.8 Å². The number of aromatic nitrogens is 2. The SMILES string of the molecule is CCNc1nc(C)cc(N2CCN(C(=O)/C=C/c3ccc4c(c3)OCO4)CC2)n1. The Bertz CT molecular complexity index is 923. The van der Waals surface area contributed by atoms with Gasteiger partial charge in [-0.15, -0.1) is 0 Å². The molecule has 2 aliphatic heterocycles. The molecule has 0 unspecified atom stereocenters. The molecule has 0 bridgehead atoms. The third-order valence-electron chi connectivity index (χ3n) is 4.91. The van der Waals surface area contributed by atoms with Crippen LogP contribution >= 0.6 is 0 Å². The van der Waals surface area contributed by atoms with Gasteiger partial charge in [-0.1, -0.05) is 6.07 Å². The molecule has 1 aromatic heterocycles. The molecule has 29 heavy (non-hydrogen) atoms. The second-order valence-electron chi connectivity index (χ2n) is 6.98. The van der Waals surface area contributed by atoms with Crippen LogP contribution in [-0.4, -0.2) is 60.3 Å². The molecule has 3 heterocycles. The number of aryl methyl sites for hydroxylation is 1. The first-order chi connectivity index (χ1) is 14.1. The minimum atomic E-state index is 0.00882. The van der Waals surface area contributed by atoms with Gasteiger partial charge in [-0.2, -0.15) is 4.98 Å². The largest absolute Gasteiger partial charge is 0.454 e. The first-order valence-electron chi connectivity index (χ1n) is 9.83. The van der Waals surface area contributed by atoms with Crippen molar-refractivity contribution in [1.29, 1.82) is 0 Å². The Morgan fingerprint density at radius 2 is 1.93 bits per heavy atom. The average Bonchev–Trinajstić information content (AvgIpc) is 3.20. The van der Waals surface area contributed by atoms with Crippen LogP contribution in [0.1, 0.15) is 18.2 Å². The Morgan fingerprint density at radius 1 is 1.14 bits per heavy atom. The van der Waals surface area contributed by atoms with Crippen LogP contribution in [0, 0.1) is 6.92 Å². The molecule has 1 saturated heterocycles. The van der Waals surface area contributed by atoms with Crippen LogP contribution in [0.3, 0.4) is 0 Å². The Hall–Kier alpha value is -3.29. The highest BCUT2D eigenvalue weighted by molar-refractivity contribution is 5.92. The number of fused-ring (bicyclic) bond motifs is 1. The van der Waals surface area contributed by atoms with Gasteiger partial charge in [-0.05, 0) is 37.6 Å². The number of piperazine rings is 1. The number of ether oxygens (including phenoxy) is 2. The summed E-state index contributed by atoms with van der Waals surface area (Å²) in [5, 5.41) is 3.16. The molecule has 1 amide bonds. The molecule has 1 fully saturated rings. The number of anilines is 2. The highest BCUT2D eigenvalue weighted by Gasteiger charge is 2.21. The van der Waals surface area contributed by atoms with Gasteiger partial charge in [0.1, 0.15) is 5.82 Å². The summed E-state index contributed by atoms with van der Waals surface area (Å²) < 4.78 is 10.7. The minimum absolute atomic E-state index is 0.00882. The lowest BCUT2D eigenvalue weighted by Crippen LogP contribution is -2.48. The molecule has 1 aromatic carbocycles. The number of benzene rings is 1. The van der Waals surface area contributed by atoms with Crippen LogP contribution in [0.2, 0.25) is 0 Å². The Morgan fingerprint density at radius 3 is 2.72 bits per heavy atom. The highest BCUT2D eigenvalue weighted by atomic mass is 16.7. The molecule has 0 aliphatic carbocycles. The van der Waals surface area contributed by atoms with E-state index in [1.54, 1.807) is 6.08 Å². The fraction of sp³-hybridized carbons (Fsp3) is 0.381. The number of amides is 1. The Labute approximate surface area is 170 Å². The van der Waals surface area contributed by atoms with Gasteiger partial charge in [0.25, 0.3) is 0 Å². The zero-order valence-electron chi connectivity index (χ0n) is 16.7. The van der Waals surface area contributed by atoms with Crippen LogP contribution in [0.4, 0.5) is 11.8 Å². The lowest BCUT2D eigenvalue weighted by molar-refractivity contribution is -0.126. The van der Waals surface area contributed by atoms with E-state index in [1.165, 1.54) is 0 Å². The van der Waals surface area contributed by atoms with Gasteiger partial charge < -0.3 is 24.6 Å². The normalized spacial score (nSPS) is 15.8. The maximum Gasteiger partial charge on any atom is 0.246 e. The molecule has 0 radical (unpaired) electrons. The van der Waals surface area contributed by atoms with Gasteiger partial charge in [-0.3, -0.25) is 4.79 Å². The number of carbonyl (C=O) groups excluding carboxylic acids is 1. The van der Waals surface area contributed by atoms with Crippen LogP contribution in [0.5, 0.6) is 11.5 Å². The molecule has 2 aromatic rings. The summed E-state index contributed by atoms with van der Waals surface area (Å²) in [4.78, 5) is 25.6. The number of carbonyl (C=O) groups is 1. The second kappa shape index (κ2) is 8.38. The molecule has 8 heteroatoms. The van der Waals surface area contributed by atoms with E-state index in [4.69, 9.17) is 9.47 Å². The fourth-order valence-corrected chi connectivity index (χ4v) is 3.40. The molecule has 8 nitrogen and oxygen atoms in total. The molecule has 2 aliphatic rings. The van der Waals surface area contributed by atoms with Gasteiger partial charge >= 0.3 is 0 Å². The Balaban J connectivity index is 1.35.